The van der Waals surface area contributed by atoms with Gasteiger partial charge in [-0.1, -0.05) is 29.8 Å². The Morgan fingerprint density at radius 2 is 1.96 bits per heavy atom. The smallest absolute Gasteiger partial charge is 0.311 e. The molecule has 7 nitrogen and oxygen atoms in total. The fraction of sp³-hybridized carbons (Fsp3) is 0.111. The Bertz CT molecular complexity index is 967. The number of nitro benzene ring substituents is 1. The van der Waals surface area contributed by atoms with E-state index in [2.05, 4.69) is 10.3 Å². The van der Waals surface area contributed by atoms with Crippen LogP contribution in [0, 0.1) is 17.0 Å². The van der Waals surface area contributed by atoms with Crippen molar-refractivity contribution in [2.24, 2.45) is 0 Å². The quantitative estimate of drug-likeness (QED) is 0.535. The van der Waals surface area contributed by atoms with Crippen molar-refractivity contribution in [1.82, 2.24) is 4.98 Å². The summed E-state index contributed by atoms with van der Waals surface area (Å²) in [5, 5.41) is 16.0. The lowest BCUT2D eigenvalue weighted by atomic mass is 10.1. The van der Waals surface area contributed by atoms with Crippen LogP contribution < -0.4 is 10.1 Å². The third-order valence-corrected chi connectivity index (χ3v) is 4.47. The summed E-state index contributed by atoms with van der Waals surface area (Å²) in [5.74, 6) is -0.372. The minimum absolute atomic E-state index is 0.0995. The van der Waals surface area contributed by atoms with Crippen molar-refractivity contribution in [2.45, 2.75) is 6.92 Å². The van der Waals surface area contributed by atoms with Crippen molar-refractivity contribution in [2.75, 3.05) is 12.4 Å². The summed E-state index contributed by atoms with van der Waals surface area (Å²) in [6.07, 6.45) is 0. The SMILES string of the molecule is COc1ccc(C(=O)Nc2nc(-c3ccc(C)cc3)cs2)cc1[N+](=O)[O-]. The molecule has 3 rings (SSSR count). The van der Waals surface area contributed by atoms with Crippen LogP contribution >= 0.6 is 11.3 Å². The molecule has 0 aliphatic heterocycles. The molecule has 0 spiro atoms. The number of aromatic nitrogens is 1. The van der Waals surface area contributed by atoms with E-state index in [1.165, 1.54) is 36.6 Å². The molecule has 132 valence electrons. The Labute approximate surface area is 153 Å². The van der Waals surface area contributed by atoms with E-state index in [0.29, 0.717) is 5.13 Å². The predicted octanol–water partition coefficient (Wildman–Crippen LogP) is 4.29. The molecular weight excluding hydrogens is 354 g/mol. The van der Waals surface area contributed by atoms with Gasteiger partial charge in [-0.25, -0.2) is 4.98 Å². The van der Waals surface area contributed by atoms with Gasteiger partial charge in [-0.3, -0.25) is 20.2 Å². The molecule has 0 aliphatic carbocycles. The van der Waals surface area contributed by atoms with Gasteiger partial charge in [-0.05, 0) is 19.1 Å². The molecule has 3 aromatic rings. The number of nitrogens with zero attached hydrogens (tertiary/aromatic N) is 2. The first-order valence-electron chi connectivity index (χ1n) is 7.64. The lowest BCUT2D eigenvalue weighted by molar-refractivity contribution is -0.385. The molecule has 1 heterocycles. The van der Waals surface area contributed by atoms with Crippen molar-refractivity contribution in [1.29, 1.82) is 0 Å². The van der Waals surface area contributed by atoms with Crippen LogP contribution in [0.5, 0.6) is 5.75 Å². The van der Waals surface area contributed by atoms with Gasteiger partial charge in [0.1, 0.15) is 0 Å². The van der Waals surface area contributed by atoms with Gasteiger partial charge in [0, 0.05) is 22.6 Å². The number of methoxy groups -OCH3 is 1. The van der Waals surface area contributed by atoms with Crippen LogP contribution in [0.15, 0.2) is 47.8 Å². The minimum Gasteiger partial charge on any atom is -0.490 e. The minimum atomic E-state index is -0.589. The van der Waals surface area contributed by atoms with Crippen molar-refractivity contribution in [3.8, 4) is 17.0 Å². The average Bonchev–Trinajstić information content (AvgIpc) is 3.10. The number of ether oxygens (including phenoxy) is 1. The highest BCUT2D eigenvalue weighted by molar-refractivity contribution is 7.14. The zero-order valence-electron chi connectivity index (χ0n) is 14.1. The second-order valence-electron chi connectivity index (χ2n) is 5.50. The molecular formula is C18H15N3O4S. The van der Waals surface area contributed by atoms with Crippen molar-refractivity contribution >= 4 is 28.1 Å². The van der Waals surface area contributed by atoms with Crippen LogP contribution in [0.4, 0.5) is 10.8 Å². The van der Waals surface area contributed by atoms with Gasteiger partial charge < -0.3 is 4.74 Å². The number of hydrogen-bond acceptors (Lipinski definition) is 6. The zero-order chi connectivity index (χ0) is 18.7. The Morgan fingerprint density at radius 3 is 2.62 bits per heavy atom. The number of aryl methyl sites for hydroxylation is 1. The highest BCUT2D eigenvalue weighted by Crippen LogP contribution is 2.29. The van der Waals surface area contributed by atoms with Crippen LogP contribution in [-0.2, 0) is 0 Å². The zero-order valence-corrected chi connectivity index (χ0v) is 14.9. The van der Waals surface area contributed by atoms with E-state index < -0.39 is 10.8 Å². The van der Waals surface area contributed by atoms with Crippen LogP contribution in [0.25, 0.3) is 11.3 Å². The molecule has 0 unspecified atom stereocenters. The molecule has 0 saturated carbocycles. The summed E-state index contributed by atoms with van der Waals surface area (Å²) in [7, 11) is 1.34. The number of hydrogen-bond donors (Lipinski definition) is 1. The van der Waals surface area contributed by atoms with E-state index in [4.69, 9.17) is 4.74 Å². The second-order valence-corrected chi connectivity index (χ2v) is 6.36. The van der Waals surface area contributed by atoms with Gasteiger partial charge in [0.25, 0.3) is 5.91 Å². The van der Waals surface area contributed by atoms with Crippen molar-refractivity contribution < 1.29 is 14.5 Å². The Morgan fingerprint density at radius 1 is 1.23 bits per heavy atom. The summed E-state index contributed by atoms with van der Waals surface area (Å²) >= 11 is 1.29. The van der Waals surface area contributed by atoms with Crippen LogP contribution in [0.3, 0.4) is 0 Å². The number of carbonyl (C=O) groups excluding carboxylic acids is 1. The lowest BCUT2D eigenvalue weighted by Crippen LogP contribution is -2.12. The average molecular weight is 369 g/mol. The third-order valence-electron chi connectivity index (χ3n) is 3.71. The number of thiazole rings is 1. The normalized spacial score (nSPS) is 10.4. The number of anilines is 1. The first-order chi connectivity index (χ1) is 12.5. The van der Waals surface area contributed by atoms with Crippen LogP contribution in [0.1, 0.15) is 15.9 Å². The first kappa shape index (κ1) is 17.6. The fourth-order valence-electron chi connectivity index (χ4n) is 2.33. The molecule has 0 fully saturated rings. The summed E-state index contributed by atoms with van der Waals surface area (Å²) in [4.78, 5) is 27.3. The van der Waals surface area contributed by atoms with Gasteiger partial charge in [-0.2, -0.15) is 0 Å². The maximum Gasteiger partial charge on any atom is 0.311 e. The van der Waals surface area contributed by atoms with Crippen molar-refractivity contribution in [3.05, 3.63) is 69.1 Å². The van der Waals surface area contributed by atoms with Crippen LogP contribution in [0.2, 0.25) is 0 Å². The van der Waals surface area contributed by atoms with Gasteiger partial charge in [0.05, 0.1) is 17.7 Å². The van der Waals surface area contributed by atoms with E-state index in [9.17, 15) is 14.9 Å². The highest BCUT2D eigenvalue weighted by atomic mass is 32.1. The second kappa shape index (κ2) is 7.32. The van der Waals surface area contributed by atoms with E-state index >= 15 is 0 Å². The predicted molar refractivity (Wildman–Crippen MR) is 99.9 cm³/mol. The molecule has 0 radical (unpaired) electrons. The molecule has 0 aliphatic rings. The maximum absolute atomic E-state index is 12.4. The van der Waals surface area contributed by atoms with E-state index in [1.807, 2.05) is 36.6 Å². The monoisotopic (exact) mass is 369 g/mol. The molecule has 26 heavy (non-hydrogen) atoms. The number of nitro groups is 1. The number of benzene rings is 2. The van der Waals surface area contributed by atoms with Gasteiger partial charge in [0.2, 0.25) is 0 Å². The lowest BCUT2D eigenvalue weighted by Gasteiger charge is -2.05. The largest absolute Gasteiger partial charge is 0.490 e. The number of nitrogens with one attached hydrogen (secondary N) is 1. The maximum atomic E-state index is 12.4. The molecule has 2 aromatic carbocycles. The Hall–Kier alpha value is -3.26. The topological polar surface area (TPSA) is 94.4 Å². The number of rotatable bonds is 5. The summed E-state index contributed by atoms with van der Waals surface area (Å²) in [6, 6.07) is 11.9. The Kier molecular flexibility index (Phi) is 4.94. The van der Waals surface area contributed by atoms with E-state index in [-0.39, 0.29) is 17.0 Å². The summed E-state index contributed by atoms with van der Waals surface area (Å²) < 4.78 is 4.94. The van der Waals surface area contributed by atoms with Crippen LogP contribution in [-0.4, -0.2) is 22.9 Å². The molecule has 0 bridgehead atoms. The Balaban J connectivity index is 1.79. The van der Waals surface area contributed by atoms with Crippen molar-refractivity contribution in [3.63, 3.8) is 0 Å². The van der Waals surface area contributed by atoms with Gasteiger partial charge in [-0.15, -0.1) is 11.3 Å². The highest BCUT2D eigenvalue weighted by Gasteiger charge is 2.19. The molecule has 1 aromatic heterocycles. The summed E-state index contributed by atoms with van der Waals surface area (Å²) in [6.45, 7) is 2.00. The fourth-order valence-corrected chi connectivity index (χ4v) is 3.05. The number of amides is 1. The van der Waals surface area contributed by atoms with Gasteiger partial charge in [0.15, 0.2) is 10.9 Å². The molecule has 1 N–H and O–H groups in total. The summed E-state index contributed by atoms with van der Waals surface area (Å²) in [5.41, 5.74) is 2.75. The standard InChI is InChI=1S/C18H15N3O4S/c1-11-3-5-12(6-4-11)14-10-26-18(19-14)20-17(22)13-7-8-16(25-2)15(9-13)21(23)24/h3-10H,1-2H3,(H,19,20,22). The van der Waals surface area contributed by atoms with E-state index in [0.717, 1.165) is 16.8 Å². The van der Waals surface area contributed by atoms with Gasteiger partial charge >= 0.3 is 5.69 Å². The first-order valence-corrected chi connectivity index (χ1v) is 8.52. The number of carbonyl (C=O) groups is 1. The molecule has 0 atom stereocenters. The molecule has 8 heteroatoms. The van der Waals surface area contributed by atoms with E-state index in [1.54, 1.807) is 0 Å². The third kappa shape index (κ3) is 3.70. The molecule has 0 saturated heterocycles. The molecule has 1 amide bonds.